The minimum atomic E-state index is -0.183. The van der Waals surface area contributed by atoms with Gasteiger partial charge in [0.15, 0.2) is 0 Å². The topological polar surface area (TPSA) is 15.3 Å². The summed E-state index contributed by atoms with van der Waals surface area (Å²) in [7, 11) is 0. The van der Waals surface area contributed by atoms with E-state index in [4.69, 9.17) is 0 Å². The maximum absolute atomic E-state index is 13.4. The zero-order chi connectivity index (χ0) is 13.0. The Bertz CT molecular complexity index is 416. The molecule has 0 unspecified atom stereocenters. The fourth-order valence-corrected chi connectivity index (χ4v) is 2.91. The van der Waals surface area contributed by atoms with Crippen molar-refractivity contribution >= 4 is 15.9 Å². The van der Waals surface area contributed by atoms with Crippen molar-refractivity contribution in [2.45, 2.75) is 12.5 Å². The molecule has 0 aromatic heterocycles. The van der Waals surface area contributed by atoms with E-state index in [9.17, 15) is 4.39 Å². The molecule has 98 valence electrons. The Balaban J connectivity index is 2.27. The van der Waals surface area contributed by atoms with Gasteiger partial charge in [0.1, 0.15) is 5.82 Å². The summed E-state index contributed by atoms with van der Waals surface area (Å²) in [6.45, 7) is 7.77. The maximum atomic E-state index is 13.4. The molecule has 0 saturated carbocycles. The van der Waals surface area contributed by atoms with E-state index in [-0.39, 0.29) is 11.9 Å². The predicted octanol–water partition coefficient (Wildman–Crippen LogP) is 3.11. The number of nitrogens with one attached hydrogen (secondary N) is 1. The highest BCUT2D eigenvalue weighted by Crippen LogP contribution is 2.31. The lowest BCUT2D eigenvalue weighted by atomic mass is 10.0. The molecule has 1 atom stereocenters. The highest BCUT2D eigenvalue weighted by molar-refractivity contribution is 9.10. The molecular weight excluding hydrogens is 295 g/mol. The van der Waals surface area contributed by atoms with E-state index in [2.05, 4.69) is 32.7 Å². The van der Waals surface area contributed by atoms with Crippen molar-refractivity contribution in [1.29, 1.82) is 0 Å². The Morgan fingerprint density at radius 2 is 2.17 bits per heavy atom. The third-order valence-electron chi connectivity index (χ3n) is 3.30. The molecule has 0 bridgehead atoms. The second kappa shape index (κ2) is 6.45. The lowest BCUT2D eigenvalue weighted by Crippen LogP contribution is -2.45. The number of hydrogen-bond donors (Lipinski definition) is 1. The molecular formula is C14H18BrFN2. The third-order valence-corrected chi connectivity index (χ3v) is 4.02. The molecule has 4 heteroatoms. The number of benzene rings is 1. The summed E-state index contributed by atoms with van der Waals surface area (Å²) >= 11 is 3.52. The van der Waals surface area contributed by atoms with Gasteiger partial charge in [-0.15, -0.1) is 6.58 Å². The molecule has 1 N–H and O–H groups in total. The first-order valence-corrected chi connectivity index (χ1v) is 7.02. The molecule has 0 amide bonds. The molecule has 1 aliphatic heterocycles. The van der Waals surface area contributed by atoms with Crippen molar-refractivity contribution in [2.24, 2.45) is 0 Å². The van der Waals surface area contributed by atoms with E-state index in [1.54, 1.807) is 12.1 Å². The van der Waals surface area contributed by atoms with Crippen molar-refractivity contribution in [3.05, 3.63) is 46.7 Å². The summed E-state index contributed by atoms with van der Waals surface area (Å²) in [6.07, 6.45) is 2.74. The van der Waals surface area contributed by atoms with E-state index in [1.807, 2.05) is 6.08 Å². The van der Waals surface area contributed by atoms with Crippen LogP contribution in [0.25, 0.3) is 0 Å². The average Bonchev–Trinajstić information content (AvgIpc) is 2.40. The van der Waals surface area contributed by atoms with E-state index in [0.29, 0.717) is 0 Å². The second-order valence-electron chi connectivity index (χ2n) is 4.49. The van der Waals surface area contributed by atoms with Gasteiger partial charge in [-0.25, -0.2) is 4.39 Å². The molecule has 1 aliphatic rings. The molecule has 1 fully saturated rings. The van der Waals surface area contributed by atoms with Crippen LogP contribution in [0, 0.1) is 5.82 Å². The lowest BCUT2D eigenvalue weighted by molar-refractivity contribution is 0.174. The summed E-state index contributed by atoms with van der Waals surface area (Å²) in [6, 6.07) is 5.09. The van der Waals surface area contributed by atoms with E-state index in [1.165, 1.54) is 6.07 Å². The van der Waals surface area contributed by atoms with Gasteiger partial charge >= 0.3 is 0 Å². The van der Waals surface area contributed by atoms with Crippen molar-refractivity contribution in [2.75, 3.05) is 26.2 Å². The van der Waals surface area contributed by atoms with Crippen LogP contribution in [0.5, 0.6) is 0 Å². The maximum Gasteiger partial charge on any atom is 0.123 e. The SMILES string of the molecule is C=CC[C@@H](c1cc(F)ccc1Br)N1CCNCC1. The lowest BCUT2D eigenvalue weighted by Gasteiger charge is -2.35. The molecule has 1 aromatic carbocycles. The predicted molar refractivity (Wildman–Crippen MR) is 76.1 cm³/mol. The molecule has 1 heterocycles. The minimum absolute atomic E-state index is 0.183. The van der Waals surface area contributed by atoms with Gasteiger partial charge in [-0.3, -0.25) is 4.90 Å². The largest absolute Gasteiger partial charge is 0.314 e. The zero-order valence-corrected chi connectivity index (χ0v) is 11.9. The first-order chi connectivity index (χ1) is 8.72. The number of nitrogens with zero attached hydrogens (tertiary/aromatic N) is 1. The fraction of sp³-hybridized carbons (Fsp3) is 0.429. The monoisotopic (exact) mass is 312 g/mol. The van der Waals surface area contributed by atoms with Crippen molar-refractivity contribution in [3.63, 3.8) is 0 Å². The number of hydrogen-bond acceptors (Lipinski definition) is 2. The van der Waals surface area contributed by atoms with Gasteiger partial charge in [-0.2, -0.15) is 0 Å². The summed E-state index contributed by atoms with van der Waals surface area (Å²) in [5, 5.41) is 3.34. The van der Waals surface area contributed by atoms with Crippen LogP contribution in [0.15, 0.2) is 35.3 Å². The molecule has 1 saturated heterocycles. The first-order valence-electron chi connectivity index (χ1n) is 6.23. The molecule has 2 nitrogen and oxygen atoms in total. The van der Waals surface area contributed by atoms with E-state index in [0.717, 1.165) is 42.6 Å². The Hall–Kier alpha value is -0.710. The van der Waals surface area contributed by atoms with E-state index >= 15 is 0 Å². The molecule has 2 rings (SSSR count). The van der Waals surface area contributed by atoms with Crippen LogP contribution in [0.1, 0.15) is 18.0 Å². The summed E-state index contributed by atoms with van der Waals surface area (Å²) in [4.78, 5) is 2.39. The van der Waals surface area contributed by atoms with Crippen LogP contribution in [-0.4, -0.2) is 31.1 Å². The molecule has 0 aliphatic carbocycles. The van der Waals surface area contributed by atoms with Crippen LogP contribution in [0.4, 0.5) is 4.39 Å². The van der Waals surface area contributed by atoms with Crippen LogP contribution < -0.4 is 5.32 Å². The van der Waals surface area contributed by atoms with E-state index < -0.39 is 0 Å². The molecule has 0 spiro atoms. The van der Waals surface area contributed by atoms with Crippen LogP contribution in [0.2, 0.25) is 0 Å². The molecule has 0 radical (unpaired) electrons. The zero-order valence-electron chi connectivity index (χ0n) is 10.3. The smallest absolute Gasteiger partial charge is 0.123 e. The second-order valence-corrected chi connectivity index (χ2v) is 5.35. The van der Waals surface area contributed by atoms with Gasteiger partial charge < -0.3 is 5.32 Å². The van der Waals surface area contributed by atoms with Gasteiger partial charge in [0.05, 0.1) is 0 Å². The number of halogens is 2. The van der Waals surface area contributed by atoms with Gasteiger partial charge in [-0.05, 0) is 30.2 Å². The Morgan fingerprint density at radius 3 is 2.83 bits per heavy atom. The summed E-state index contributed by atoms with van der Waals surface area (Å²) in [5.74, 6) is -0.183. The standard InChI is InChI=1S/C14H18BrFN2/c1-2-3-14(18-8-6-17-7-9-18)12-10-11(16)4-5-13(12)15/h2,4-5,10,14,17H,1,3,6-9H2/t14-/m0/s1. The summed E-state index contributed by atoms with van der Waals surface area (Å²) < 4.78 is 14.4. The molecule has 18 heavy (non-hydrogen) atoms. The van der Waals surface area contributed by atoms with Crippen LogP contribution >= 0.6 is 15.9 Å². The Kier molecular flexibility index (Phi) is 4.92. The number of rotatable bonds is 4. The highest BCUT2D eigenvalue weighted by atomic mass is 79.9. The normalized spacial score (nSPS) is 18.6. The summed E-state index contributed by atoms with van der Waals surface area (Å²) in [5.41, 5.74) is 1.01. The van der Waals surface area contributed by atoms with Gasteiger partial charge in [0, 0.05) is 36.7 Å². The molecule has 1 aromatic rings. The minimum Gasteiger partial charge on any atom is -0.314 e. The van der Waals surface area contributed by atoms with Gasteiger partial charge in [0.2, 0.25) is 0 Å². The fourth-order valence-electron chi connectivity index (χ4n) is 2.39. The highest BCUT2D eigenvalue weighted by Gasteiger charge is 2.23. The van der Waals surface area contributed by atoms with Gasteiger partial charge in [-0.1, -0.05) is 22.0 Å². The van der Waals surface area contributed by atoms with Crippen LogP contribution in [-0.2, 0) is 0 Å². The van der Waals surface area contributed by atoms with Crippen molar-refractivity contribution in [3.8, 4) is 0 Å². The quantitative estimate of drug-likeness (QED) is 0.859. The first kappa shape index (κ1) is 13.7. The third kappa shape index (κ3) is 3.19. The van der Waals surface area contributed by atoms with Crippen molar-refractivity contribution in [1.82, 2.24) is 10.2 Å². The number of piperazine rings is 1. The Morgan fingerprint density at radius 1 is 1.44 bits per heavy atom. The average molecular weight is 313 g/mol. The van der Waals surface area contributed by atoms with Crippen molar-refractivity contribution < 1.29 is 4.39 Å². The Labute approximate surface area is 116 Å². The van der Waals surface area contributed by atoms with Crippen LogP contribution in [0.3, 0.4) is 0 Å². The van der Waals surface area contributed by atoms with Gasteiger partial charge in [0.25, 0.3) is 0 Å².